The maximum atomic E-state index is 10.3. The van der Waals surface area contributed by atoms with E-state index in [1.54, 1.807) is 0 Å². The first kappa shape index (κ1) is 7.01. The van der Waals surface area contributed by atoms with Gasteiger partial charge in [-0.1, -0.05) is 0 Å². The zero-order chi connectivity index (χ0) is 7.72. The molecule has 1 rings (SSSR count). The molecular weight excluding hydrogens is 158 g/mol. The van der Waals surface area contributed by atoms with Crippen LogP contribution in [0.1, 0.15) is 10.6 Å². The zero-order valence-electron chi connectivity index (χ0n) is 5.08. The van der Waals surface area contributed by atoms with Crippen molar-refractivity contribution in [2.45, 2.75) is 0 Å². The topological polar surface area (TPSA) is 68.0 Å². The fourth-order valence-corrected chi connectivity index (χ4v) is 0.614. The molecule has 1 N–H and O–H groups in total. The summed E-state index contributed by atoms with van der Waals surface area (Å²) in [5.74, 6) is -1.30. The fraction of sp³-hybridized carbons (Fsp3) is 0.250. The molecule has 54 valence electrons. The average Bonchev–Trinajstić information content (AvgIpc) is 2.14. The summed E-state index contributed by atoms with van der Waals surface area (Å²) in [6.07, 6.45) is 0. The number of carboxylic acids is 1. The maximum absolute atomic E-state index is 10.3. The molecule has 0 saturated carbocycles. The van der Waals surface area contributed by atoms with E-state index in [9.17, 15) is 4.79 Å². The first-order chi connectivity index (χ1) is 4.63. The van der Waals surface area contributed by atoms with Gasteiger partial charge in [0.25, 0.3) is 0 Å². The van der Waals surface area contributed by atoms with Crippen LogP contribution in [0.2, 0.25) is 5.28 Å². The molecule has 0 atom stereocenters. The van der Waals surface area contributed by atoms with Crippen LogP contribution >= 0.6 is 11.6 Å². The molecular formula is C4H4ClN3O2. The van der Waals surface area contributed by atoms with Gasteiger partial charge < -0.3 is 5.11 Å². The third-order valence-electron chi connectivity index (χ3n) is 1.01. The number of halogens is 1. The second-order valence-electron chi connectivity index (χ2n) is 1.66. The molecule has 0 spiro atoms. The lowest BCUT2D eigenvalue weighted by molar-refractivity contribution is 0.0679. The van der Waals surface area contributed by atoms with Crippen LogP contribution in [0.5, 0.6) is 0 Å². The van der Waals surface area contributed by atoms with Crippen LogP contribution in [0.4, 0.5) is 0 Å². The quantitative estimate of drug-likeness (QED) is 0.638. The predicted octanol–water partition coefficient (Wildman–Crippen LogP) is 0.167. The van der Waals surface area contributed by atoms with Gasteiger partial charge >= 0.3 is 5.97 Å². The van der Waals surface area contributed by atoms with Crippen LogP contribution in [0.25, 0.3) is 0 Å². The number of carboxylic acid groups (broad SMARTS) is 1. The number of aromatic carboxylic acids is 1. The Hall–Kier alpha value is -1.10. The molecule has 0 radical (unpaired) electrons. The number of carbonyl (C=O) groups is 1. The smallest absolute Gasteiger partial charge is 0.374 e. The van der Waals surface area contributed by atoms with E-state index in [0.29, 0.717) is 0 Å². The van der Waals surface area contributed by atoms with Crippen molar-refractivity contribution in [3.05, 3.63) is 11.1 Å². The summed E-state index contributed by atoms with van der Waals surface area (Å²) in [5.41, 5.74) is 0. The van der Waals surface area contributed by atoms with E-state index < -0.39 is 5.97 Å². The van der Waals surface area contributed by atoms with Crippen molar-refractivity contribution >= 4 is 17.6 Å². The molecule has 0 bridgehead atoms. The predicted molar refractivity (Wildman–Crippen MR) is 33.0 cm³/mol. The van der Waals surface area contributed by atoms with E-state index in [1.807, 2.05) is 0 Å². The van der Waals surface area contributed by atoms with Crippen molar-refractivity contribution in [2.24, 2.45) is 7.05 Å². The lowest BCUT2D eigenvalue weighted by Gasteiger charge is -1.91. The lowest BCUT2D eigenvalue weighted by atomic mass is 10.6. The Kier molecular flexibility index (Phi) is 1.58. The Bertz CT molecular complexity index is 269. The maximum Gasteiger partial charge on any atom is 0.374 e. The van der Waals surface area contributed by atoms with Gasteiger partial charge in [0, 0.05) is 7.05 Å². The van der Waals surface area contributed by atoms with Gasteiger partial charge in [0.05, 0.1) is 0 Å². The molecule has 1 aromatic heterocycles. The summed E-state index contributed by atoms with van der Waals surface area (Å²) < 4.78 is 1.18. The van der Waals surface area contributed by atoms with Crippen LogP contribution in [0, 0.1) is 0 Å². The molecule has 0 saturated heterocycles. The van der Waals surface area contributed by atoms with E-state index in [-0.39, 0.29) is 11.1 Å². The summed E-state index contributed by atoms with van der Waals surface area (Å²) in [6, 6.07) is 0. The summed E-state index contributed by atoms with van der Waals surface area (Å²) >= 11 is 5.40. The molecule has 0 aliphatic carbocycles. The monoisotopic (exact) mass is 161 g/mol. The van der Waals surface area contributed by atoms with Crippen molar-refractivity contribution in [3.8, 4) is 0 Å². The summed E-state index contributed by atoms with van der Waals surface area (Å²) in [6.45, 7) is 0. The molecule has 0 fully saturated rings. The minimum atomic E-state index is -1.14. The molecule has 0 unspecified atom stereocenters. The molecule has 5 nitrogen and oxygen atoms in total. The lowest BCUT2D eigenvalue weighted by Crippen LogP contribution is -2.05. The van der Waals surface area contributed by atoms with Gasteiger partial charge in [-0.3, -0.25) is 4.57 Å². The Morgan fingerprint density at radius 2 is 2.30 bits per heavy atom. The molecule has 0 aliphatic heterocycles. The Labute approximate surface area is 61.2 Å². The second-order valence-corrected chi connectivity index (χ2v) is 1.99. The third kappa shape index (κ3) is 0.950. The number of hydrogen-bond acceptors (Lipinski definition) is 3. The normalized spacial score (nSPS) is 9.80. The van der Waals surface area contributed by atoms with Crippen molar-refractivity contribution in [1.29, 1.82) is 0 Å². The van der Waals surface area contributed by atoms with Crippen molar-refractivity contribution in [1.82, 2.24) is 14.8 Å². The van der Waals surface area contributed by atoms with Gasteiger partial charge in [0.2, 0.25) is 11.1 Å². The van der Waals surface area contributed by atoms with Crippen LogP contribution in [-0.2, 0) is 7.05 Å². The number of aromatic nitrogens is 3. The van der Waals surface area contributed by atoms with E-state index in [0.717, 1.165) is 0 Å². The molecule has 0 amide bonds. The van der Waals surface area contributed by atoms with E-state index in [4.69, 9.17) is 16.7 Å². The Balaban J connectivity index is 3.17. The van der Waals surface area contributed by atoms with Crippen LogP contribution < -0.4 is 0 Å². The minimum Gasteiger partial charge on any atom is -0.475 e. The zero-order valence-corrected chi connectivity index (χ0v) is 5.83. The average molecular weight is 162 g/mol. The van der Waals surface area contributed by atoms with Crippen LogP contribution in [0.3, 0.4) is 0 Å². The van der Waals surface area contributed by atoms with E-state index in [1.165, 1.54) is 11.6 Å². The molecule has 10 heavy (non-hydrogen) atoms. The van der Waals surface area contributed by atoms with Crippen molar-refractivity contribution < 1.29 is 9.90 Å². The number of hydrogen-bond donors (Lipinski definition) is 1. The first-order valence-corrected chi connectivity index (χ1v) is 2.79. The summed E-state index contributed by atoms with van der Waals surface area (Å²) in [5, 5.41) is 15.1. The third-order valence-corrected chi connectivity index (χ3v) is 1.34. The van der Waals surface area contributed by atoms with Crippen molar-refractivity contribution in [3.63, 3.8) is 0 Å². The second kappa shape index (κ2) is 2.26. The van der Waals surface area contributed by atoms with Gasteiger partial charge in [0.1, 0.15) is 0 Å². The highest BCUT2D eigenvalue weighted by molar-refractivity contribution is 6.28. The molecule has 0 aliphatic rings. The van der Waals surface area contributed by atoms with Gasteiger partial charge in [-0.15, -0.1) is 10.2 Å². The van der Waals surface area contributed by atoms with Crippen molar-refractivity contribution in [2.75, 3.05) is 0 Å². The highest BCUT2D eigenvalue weighted by atomic mass is 35.5. The van der Waals surface area contributed by atoms with Crippen LogP contribution in [0.15, 0.2) is 0 Å². The first-order valence-electron chi connectivity index (χ1n) is 2.41. The van der Waals surface area contributed by atoms with E-state index >= 15 is 0 Å². The highest BCUT2D eigenvalue weighted by Crippen LogP contribution is 2.03. The Morgan fingerprint density at radius 3 is 2.50 bits per heavy atom. The fourth-order valence-electron chi connectivity index (χ4n) is 0.496. The van der Waals surface area contributed by atoms with Gasteiger partial charge in [-0.25, -0.2) is 4.79 Å². The van der Waals surface area contributed by atoms with Gasteiger partial charge in [-0.05, 0) is 11.6 Å². The largest absolute Gasteiger partial charge is 0.475 e. The highest BCUT2D eigenvalue weighted by Gasteiger charge is 2.12. The SMILES string of the molecule is Cn1c(Cl)nnc1C(=O)O. The summed E-state index contributed by atoms with van der Waals surface area (Å²) in [4.78, 5) is 10.3. The van der Waals surface area contributed by atoms with Gasteiger partial charge in [-0.2, -0.15) is 0 Å². The minimum absolute atomic E-state index is 0.0670. The molecule has 0 aromatic carbocycles. The van der Waals surface area contributed by atoms with E-state index in [2.05, 4.69) is 10.2 Å². The number of rotatable bonds is 1. The standard InChI is InChI=1S/C4H4ClN3O2/c1-8-2(3(9)10)6-7-4(8)5/h1H3,(H,9,10). The van der Waals surface area contributed by atoms with Gasteiger partial charge in [0.15, 0.2) is 0 Å². The molecule has 6 heteroatoms. The molecule has 1 aromatic rings. The van der Waals surface area contributed by atoms with Crippen LogP contribution in [-0.4, -0.2) is 25.8 Å². The number of nitrogens with zero attached hydrogens (tertiary/aromatic N) is 3. The molecule has 1 heterocycles. The Morgan fingerprint density at radius 1 is 1.70 bits per heavy atom. The summed E-state index contributed by atoms with van der Waals surface area (Å²) in [7, 11) is 1.48.